The molecule has 0 radical (unpaired) electrons. The summed E-state index contributed by atoms with van der Waals surface area (Å²) < 4.78 is 0. The summed E-state index contributed by atoms with van der Waals surface area (Å²) in [6.45, 7) is 0. The van der Waals surface area contributed by atoms with Crippen LogP contribution in [-0.4, -0.2) is 22.9 Å². The van der Waals surface area contributed by atoms with Crippen molar-refractivity contribution in [1.82, 2.24) is 0 Å². The van der Waals surface area contributed by atoms with Gasteiger partial charge in [0, 0.05) is 4.88 Å². The highest BCUT2D eigenvalue weighted by atomic mass is 32.1. The van der Waals surface area contributed by atoms with Crippen LogP contribution < -0.4 is 11.1 Å². The molecular formula is C19H24N2O4S. The first kappa shape index (κ1) is 18.6. The summed E-state index contributed by atoms with van der Waals surface area (Å²) in [7, 11) is 0. The average Bonchev–Trinajstić information content (AvgIpc) is 2.91. The van der Waals surface area contributed by atoms with Crippen molar-refractivity contribution in [3.8, 4) is 0 Å². The summed E-state index contributed by atoms with van der Waals surface area (Å²) in [4.78, 5) is 37.4. The number of carboxylic acid groups (broad SMARTS) is 1. The third kappa shape index (κ3) is 3.82. The van der Waals surface area contributed by atoms with Crippen molar-refractivity contribution in [3.63, 3.8) is 0 Å². The molecule has 140 valence electrons. The molecule has 0 spiro atoms. The van der Waals surface area contributed by atoms with E-state index in [0.29, 0.717) is 23.4 Å². The van der Waals surface area contributed by atoms with E-state index >= 15 is 0 Å². The predicted molar refractivity (Wildman–Crippen MR) is 100 cm³/mol. The van der Waals surface area contributed by atoms with E-state index in [2.05, 4.69) is 5.32 Å². The maximum absolute atomic E-state index is 12.8. The summed E-state index contributed by atoms with van der Waals surface area (Å²) in [6, 6.07) is 0. The lowest BCUT2D eigenvalue weighted by atomic mass is 9.82. The van der Waals surface area contributed by atoms with E-state index in [1.807, 2.05) is 6.08 Å². The van der Waals surface area contributed by atoms with Crippen molar-refractivity contribution >= 4 is 34.1 Å². The van der Waals surface area contributed by atoms with Crippen LogP contribution in [0.1, 0.15) is 59.3 Å². The number of amides is 2. The van der Waals surface area contributed by atoms with Crippen molar-refractivity contribution in [3.05, 3.63) is 28.2 Å². The molecule has 1 aromatic rings. The average molecular weight is 376 g/mol. The Morgan fingerprint density at radius 2 is 1.69 bits per heavy atom. The number of hydrogen-bond donors (Lipinski definition) is 3. The number of aryl methyl sites for hydroxylation is 1. The third-order valence-corrected chi connectivity index (χ3v) is 6.45. The number of nitrogens with one attached hydrogen (secondary N) is 1. The Kier molecular flexibility index (Phi) is 5.76. The molecule has 2 aliphatic rings. The molecule has 3 rings (SSSR count). The lowest BCUT2D eigenvalue weighted by Gasteiger charge is -2.24. The van der Waals surface area contributed by atoms with Crippen molar-refractivity contribution in [2.24, 2.45) is 17.6 Å². The minimum atomic E-state index is -0.969. The zero-order chi connectivity index (χ0) is 18.7. The Morgan fingerprint density at radius 3 is 2.35 bits per heavy atom. The van der Waals surface area contributed by atoms with Gasteiger partial charge in [-0.15, -0.1) is 11.3 Å². The molecule has 0 bridgehead atoms. The monoisotopic (exact) mass is 376 g/mol. The Hall–Kier alpha value is -2.15. The van der Waals surface area contributed by atoms with Crippen molar-refractivity contribution in [2.45, 2.75) is 51.4 Å². The standard InChI is InChI=1S/C19H24N2O4S/c20-16(22)15-13-9-3-1-2-4-10-14(13)26-18(15)21-17(23)11-7-5-6-8-12(11)19(24)25/h5-6,11-12H,1-4,7-10H2,(H2,20,22)(H,21,23)(H,24,25). The van der Waals surface area contributed by atoms with Crippen molar-refractivity contribution in [1.29, 1.82) is 0 Å². The molecule has 26 heavy (non-hydrogen) atoms. The molecule has 0 saturated carbocycles. The van der Waals surface area contributed by atoms with Crippen molar-refractivity contribution in [2.75, 3.05) is 5.32 Å². The number of carbonyl (C=O) groups excluding carboxylic acids is 2. The number of aliphatic carboxylic acids is 1. The van der Waals surface area contributed by atoms with E-state index < -0.39 is 23.7 Å². The van der Waals surface area contributed by atoms with Gasteiger partial charge in [0.1, 0.15) is 5.00 Å². The first-order valence-corrected chi connectivity index (χ1v) is 9.93. The zero-order valence-corrected chi connectivity index (χ0v) is 15.4. The van der Waals surface area contributed by atoms with Crippen LogP contribution in [0.25, 0.3) is 0 Å². The number of hydrogen-bond acceptors (Lipinski definition) is 4. The zero-order valence-electron chi connectivity index (χ0n) is 14.6. The van der Waals surface area contributed by atoms with Gasteiger partial charge in [0.05, 0.1) is 17.4 Å². The molecular weight excluding hydrogens is 352 g/mol. The smallest absolute Gasteiger partial charge is 0.307 e. The predicted octanol–water partition coefficient (Wildman–Crippen LogP) is 3.11. The van der Waals surface area contributed by atoms with Gasteiger partial charge in [-0.3, -0.25) is 14.4 Å². The minimum absolute atomic E-state index is 0.344. The molecule has 0 fully saturated rings. The number of carboxylic acids is 1. The van der Waals surface area contributed by atoms with Gasteiger partial charge < -0.3 is 16.2 Å². The van der Waals surface area contributed by atoms with Crippen LogP contribution in [0.5, 0.6) is 0 Å². The maximum atomic E-state index is 12.8. The van der Waals surface area contributed by atoms with Gasteiger partial charge in [-0.2, -0.15) is 0 Å². The number of primary amides is 1. The van der Waals surface area contributed by atoms with E-state index in [9.17, 15) is 19.5 Å². The first-order chi connectivity index (χ1) is 12.5. The van der Waals surface area contributed by atoms with Gasteiger partial charge in [-0.1, -0.05) is 25.0 Å². The number of nitrogens with two attached hydrogens (primary N) is 1. The molecule has 6 nitrogen and oxygen atoms in total. The summed E-state index contributed by atoms with van der Waals surface area (Å²) >= 11 is 1.42. The first-order valence-electron chi connectivity index (χ1n) is 9.12. The molecule has 1 heterocycles. The quantitative estimate of drug-likeness (QED) is 0.701. The second-order valence-corrected chi connectivity index (χ2v) is 8.07. The molecule has 1 aromatic heterocycles. The number of fused-ring (bicyclic) bond motifs is 1. The van der Waals surface area contributed by atoms with Crippen LogP contribution in [0.3, 0.4) is 0 Å². The van der Waals surface area contributed by atoms with Gasteiger partial charge in [0.25, 0.3) is 5.91 Å². The Bertz CT molecular complexity index is 753. The second kappa shape index (κ2) is 8.03. The Balaban J connectivity index is 1.88. The number of carbonyl (C=O) groups is 3. The van der Waals surface area contributed by atoms with Gasteiger partial charge in [0.2, 0.25) is 5.91 Å². The Morgan fingerprint density at radius 1 is 1.04 bits per heavy atom. The minimum Gasteiger partial charge on any atom is -0.481 e. The number of anilines is 1. The molecule has 0 saturated heterocycles. The lowest BCUT2D eigenvalue weighted by molar-refractivity contribution is -0.146. The SMILES string of the molecule is NC(=O)c1c(NC(=O)C2CC=CCC2C(=O)O)sc2c1CCCCCC2. The van der Waals surface area contributed by atoms with Crippen LogP contribution in [0.15, 0.2) is 12.2 Å². The van der Waals surface area contributed by atoms with Crippen LogP contribution in [0, 0.1) is 11.8 Å². The highest BCUT2D eigenvalue weighted by Crippen LogP contribution is 2.38. The largest absolute Gasteiger partial charge is 0.481 e. The lowest BCUT2D eigenvalue weighted by Crippen LogP contribution is -2.35. The van der Waals surface area contributed by atoms with E-state index in [4.69, 9.17) is 5.73 Å². The molecule has 2 atom stereocenters. The molecule has 4 N–H and O–H groups in total. The molecule has 2 unspecified atom stereocenters. The van der Waals surface area contributed by atoms with E-state index in [-0.39, 0.29) is 5.91 Å². The molecule has 0 aromatic carbocycles. The fraction of sp³-hybridized carbons (Fsp3) is 0.526. The number of rotatable bonds is 4. The molecule has 2 amide bonds. The van der Waals surface area contributed by atoms with Gasteiger partial charge >= 0.3 is 5.97 Å². The van der Waals surface area contributed by atoms with Gasteiger partial charge in [-0.05, 0) is 44.1 Å². The second-order valence-electron chi connectivity index (χ2n) is 6.97. The third-order valence-electron chi connectivity index (χ3n) is 5.24. The fourth-order valence-electron chi connectivity index (χ4n) is 3.85. The molecule has 2 aliphatic carbocycles. The van der Waals surface area contributed by atoms with Crippen LogP contribution >= 0.6 is 11.3 Å². The van der Waals surface area contributed by atoms with Crippen LogP contribution in [-0.2, 0) is 22.4 Å². The normalized spacial score (nSPS) is 22.8. The molecule has 7 heteroatoms. The van der Waals surface area contributed by atoms with Crippen LogP contribution in [0.2, 0.25) is 0 Å². The summed E-state index contributed by atoms with van der Waals surface area (Å²) in [5, 5.41) is 12.7. The van der Waals surface area contributed by atoms with E-state index in [1.165, 1.54) is 17.8 Å². The van der Waals surface area contributed by atoms with E-state index in [1.54, 1.807) is 6.08 Å². The topological polar surface area (TPSA) is 109 Å². The number of thiophene rings is 1. The number of allylic oxidation sites excluding steroid dienone is 2. The molecule has 0 aliphatic heterocycles. The summed E-state index contributed by atoms with van der Waals surface area (Å²) in [5.74, 6) is -3.22. The van der Waals surface area contributed by atoms with Gasteiger partial charge in [0.15, 0.2) is 0 Å². The Labute approximate surface area is 156 Å². The van der Waals surface area contributed by atoms with Gasteiger partial charge in [-0.25, -0.2) is 0 Å². The van der Waals surface area contributed by atoms with Crippen LogP contribution in [0.4, 0.5) is 5.00 Å². The maximum Gasteiger partial charge on any atom is 0.307 e. The summed E-state index contributed by atoms with van der Waals surface area (Å²) in [5.41, 5.74) is 7.00. The van der Waals surface area contributed by atoms with Crippen molar-refractivity contribution < 1.29 is 19.5 Å². The highest BCUT2D eigenvalue weighted by Gasteiger charge is 2.35. The highest BCUT2D eigenvalue weighted by molar-refractivity contribution is 7.17. The summed E-state index contributed by atoms with van der Waals surface area (Å²) in [6.07, 6.45) is 10.4. The fourth-order valence-corrected chi connectivity index (χ4v) is 5.15. The van der Waals surface area contributed by atoms with E-state index in [0.717, 1.165) is 42.5 Å².